The Morgan fingerprint density at radius 1 is 0.739 bits per heavy atom. The molecule has 1 fully saturated rings. The monoisotopic (exact) mass is 307 g/mol. The molecule has 0 bridgehead atoms. The van der Waals surface area contributed by atoms with E-state index < -0.39 is 0 Å². The molecular formula is C21H25NO. The van der Waals surface area contributed by atoms with Crippen LogP contribution in [0.4, 0.5) is 0 Å². The molecular weight excluding hydrogens is 282 g/mol. The first-order valence-corrected chi connectivity index (χ1v) is 8.65. The Hall–Kier alpha value is -1.93. The lowest BCUT2D eigenvalue weighted by Crippen LogP contribution is -2.48. The van der Waals surface area contributed by atoms with E-state index in [1.54, 1.807) is 0 Å². The van der Waals surface area contributed by atoms with E-state index in [1.807, 2.05) is 12.1 Å². The molecule has 0 aliphatic carbocycles. The van der Waals surface area contributed by atoms with E-state index in [2.05, 4.69) is 67.7 Å². The number of carbonyl (C=O) groups is 1. The van der Waals surface area contributed by atoms with Crippen LogP contribution in [0.3, 0.4) is 0 Å². The van der Waals surface area contributed by atoms with Crippen LogP contribution in [-0.4, -0.2) is 5.78 Å². The Bertz CT molecular complexity index is 582. The Kier molecular flexibility index (Phi) is 4.92. The predicted octanol–water partition coefficient (Wildman–Crippen LogP) is 4.69. The summed E-state index contributed by atoms with van der Waals surface area (Å²) >= 11 is 0. The molecule has 0 unspecified atom stereocenters. The molecule has 0 aromatic heterocycles. The van der Waals surface area contributed by atoms with Gasteiger partial charge in [0.15, 0.2) is 0 Å². The number of nitrogens with one attached hydrogen (secondary N) is 1. The average Bonchev–Trinajstić information content (AvgIpc) is 2.62. The zero-order valence-electron chi connectivity index (χ0n) is 13.9. The molecule has 120 valence electrons. The topological polar surface area (TPSA) is 29.1 Å². The summed E-state index contributed by atoms with van der Waals surface area (Å²) in [4.78, 5) is 13.1. The van der Waals surface area contributed by atoms with E-state index in [1.165, 1.54) is 11.1 Å². The van der Waals surface area contributed by atoms with Gasteiger partial charge >= 0.3 is 0 Å². The Balaban J connectivity index is 1.99. The summed E-state index contributed by atoms with van der Waals surface area (Å²) in [6, 6.07) is 21.0. The van der Waals surface area contributed by atoms with E-state index in [0.717, 1.165) is 12.8 Å². The van der Waals surface area contributed by atoms with Gasteiger partial charge in [0.1, 0.15) is 5.78 Å². The van der Waals surface area contributed by atoms with Crippen molar-refractivity contribution in [1.82, 2.24) is 5.32 Å². The molecule has 2 heteroatoms. The van der Waals surface area contributed by atoms with Crippen molar-refractivity contribution in [1.29, 1.82) is 0 Å². The summed E-state index contributed by atoms with van der Waals surface area (Å²) in [5, 5.41) is 3.80. The Morgan fingerprint density at radius 3 is 1.48 bits per heavy atom. The first-order valence-electron chi connectivity index (χ1n) is 8.65. The third-order valence-electron chi connectivity index (χ3n) is 5.09. The van der Waals surface area contributed by atoms with E-state index in [-0.39, 0.29) is 23.9 Å². The van der Waals surface area contributed by atoms with Crippen LogP contribution in [0.15, 0.2) is 60.7 Å². The highest BCUT2D eigenvalue weighted by atomic mass is 16.1. The van der Waals surface area contributed by atoms with Crippen molar-refractivity contribution in [3.8, 4) is 0 Å². The highest BCUT2D eigenvalue weighted by Crippen LogP contribution is 2.40. The Labute approximate surface area is 138 Å². The van der Waals surface area contributed by atoms with Gasteiger partial charge in [0.25, 0.3) is 0 Å². The second kappa shape index (κ2) is 7.10. The number of Topliss-reactive ketones (excluding diaryl/α,β-unsaturated/α-hetero) is 1. The van der Waals surface area contributed by atoms with E-state index in [0.29, 0.717) is 5.78 Å². The van der Waals surface area contributed by atoms with Gasteiger partial charge in [-0.3, -0.25) is 4.79 Å². The molecule has 2 nitrogen and oxygen atoms in total. The fourth-order valence-corrected chi connectivity index (χ4v) is 3.88. The van der Waals surface area contributed by atoms with Gasteiger partial charge in [-0.25, -0.2) is 0 Å². The van der Waals surface area contributed by atoms with Gasteiger partial charge in [0, 0.05) is 23.9 Å². The zero-order chi connectivity index (χ0) is 16.2. The molecule has 2 aromatic rings. The van der Waals surface area contributed by atoms with E-state index in [4.69, 9.17) is 0 Å². The third kappa shape index (κ3) is 3.09. The zero-order valence-corrected chi connectivity index (χ0v) is 13.9. The lowest BCUT2D eigenvalue weighted by molar-refractivity contribution is -0.132. The summed E-state index contributed by atoms with van der Waals surface area (Å²) in [5.41, 5.74) is 2.42. The lowest BCUT2D eigenvalue weighted by Gasteiger charge is -2.41. The summed E-state index contributed by atoms with van der Waals surface area (Å²) in [6.07, 6.45) is 1.76. The maximum absolute atomic E-state index is 13.1. The van der Waals surface area contributed by atoms with Crippen molar-refractivity contribution < 1.29 is 4.79 Å². The summed E-state index contributed by atoms with van der Waals surface area (Å²) in [5.74, 6) is 0.529. The fraction of sp³-hybridized carbons (Fsp3) is 0.381. The number of benzene rings is 2. The minimum absolute atomic E-state index is 0.0577. The smallest absolute Gasteiger partial charge is 0.142 e. The highest BCUT2D eigenvalue weighted by Gasteiger charge is 2.42. The summed E-state index contributed by atoms with van der Waals surface area (Å²) < 4.78 is 0. The van der Waals surface area contributed by atoms with Crippen LogP contribution in [0.5, 0.6) is 0 Å². The minimum atomic E-state index is 0.0577. The van der Waals surface area contributed by atoms with Crippen LogP contribution >= 0.6 is 0 Å². The molecule has 1 saturated heterocycles. The number of ketones is 1. The molecule has 23 heavy (non-hydrogen) atoms. The van der Waals surface area contributed by atoms with Crippen LogP contribution in [0, 0.1) is 11.8 Å². The quantitative estimate of drug-likeness (QED) is 0.887. The molecule has 4 atom stereocenters. The van der Waals surface area contributed by atoms with Crippen LogP contribution < -0.4 is 5.32 Å². The third-order valence-corrected chi connectivity index (χ3v) is 5.09. The van der Waals surface area contributed by atoms with Crippen molar-refractivity contribution in [2.24, 2.45) is 11.8 Å². The number of piperidine rings is 1. The van der Waals surface area contributed by atoms with Crippen LogP contribution in [0.25, 0.3) is 0 Å². The number of carbonyl (C=O) groups excluding carboxylic acids is 1. The van der Waals surface area contributed by atoms with Gasteiger partial charge in [-0.1, -0.05) is 74.5 Å². The number of hydrogen-bond acceptors (Lipinski definition) is 2. The molecule has 3 rings (SSSR count). The highest BCUT2D eigenvalue weighted by molar-refractivity contribution is 5.86. The summed E-state index contributed by atoms with van der Waals surface area (Å²) in [7, 11) is 0. The van der Waals surface area contributed by atoms with Crippen LogP contribution in [0.2, 0.25) is 0 Å². The molecule has 0 amide bonds. The first kappa shape index (κ1) is 15.9. The molecule has 2 aromatic carbocycles. The van der Waals surface area contributed by atoms with Gasteiger partial charge in [0.05, 0.1) is 0 Å². The number of rotatable bonds is 4. The summed E-state index contributed by atoms with van der Waals surface area (Å²) in [6.45, 7) is 4.24. The SMILES string of the molecule is CC[C@@H]1C(=O)[C@@H](CC)[C@H](c2ccccc2)N[C@H]1c1ccccc1. The van der Waals surface area contributed by atoms with E-state index >= 15 is 0 Å². The molecule has 0 saturated carbocycles. The number of hydrogen-bond donors (Lipinski definition) is 1. The van der Waals surface area contributed by atoms with Gasteiger partial charge in [-0.05, 0) is 24.0 Å². The van der Waals surface area contributed by atoms with Crippen molar-refractivity contribution in [3.05, 3.63) is 71.8 Å². The molecule has 1 aliphatic rings. The average molecular weight is 307 g/mol. The standard InChI is InChI=1S/C21H25NO/c1-3-17-19(15-11-7-5-8-12-15)22-20(18(4-2)21(17)23)16-13-9-6-10-14-16/h5-14,17-20,22H,3-4H2,1-2H3/t17-,18-,19-,20-/m0/s1. The van der Waals surface area contributed by atoms with Crippen molar-refractivity contribution >= 4 is 5.78 Å². The lowest BCUT2D eigenvalue weighted by atomic mass is 9.73. The van der Waals surface area contributed by atoms with E-state index in [9.17, 15) is 4.79 Å². The van der Waals surface area contributed by atoms with Gasteiger partial charge in [-0.2, -0.15) is 0 Å². The minimum Gasteiger partial charge on any atom is -0.302 e. The largest absolute Gasteiger partial charge is 0.302 e. The molecule has 1 heterocycles. The molecule has 1 N–H and O–H groups in total. The molecule has 1 aliphatic heterocycles. The predicted molar refractivity (Wildman–Crippen MR) is 94.1 cm³/mol. The second-order valence-corrected chi connectivity index (χ2v) is 6.38. The maximum atomic E-state index is 13.1. The maximum Gasteiger partial charge on any atom is 0.142 e. The molecule has 0 radical (unpaired) electrons. The van der Waals surface area contributed by atoms with Crippen molar-refractivity contribution in [2.75, 3.05) is 0 Å². The fourth-order valence-electron chi connectivity index (χ4n) is 3.88. The second-order valence-electron chi connectivity index (χ2n) is 6.38. The van der Waals surface area contributed by atoms with Crippen molar-refractivity contribution in [3.63, 3.8) is 0 Å². The normalized spacial score (nSPS) is 27.8. The molecule has 0 spiro atoms. The van der Waals surface area contributed by atoms with Crippen LogP contribution in [-0.2, 0) is 4.79 Å². The van der Waals surface area contributed by atoms with Crippen LogP contribution in [0.1, 0.15) is 49.9 Å². The van der Waals surface area contributed by atoms with Gasteiger partial charge in [-0.15, -0.1) is 0 Å². The Morgan fingerprint density at radius 2 is 1.13 bits per heavy atom. The van der Waals surface area contributed by atoms with Gasteiger partial charge < -0.3 is 5.32 Å². The first-order chi connectivity index (χ1) is 11.3. The van der Waals surface area contributed by atoms with Crippen molar-refractivity contribution in [2.45, 2.75) is 38.8 Å². The van der Waals surface area contributed by atoms with Gasteiger partial charge in [0.2, 0.25) is 0 Å².